The monoisotopic (exact) mass is 428 g/mol. The third kappa shape index (κ3) is 4.79. The summed E-state index contributed by atoms with van der Waals surface area (Å²) in [5, 5.41) is 1.48. The number of fused-ring (bicyclic) bond motifs is 3. The summed E-state index contributed by atoms with van der Waals surface area (Å²) in [6.07, 6.45) is -1.83. The van der Waals surface area contributed by atoms with Gasteiger partial charge >= 0.3 is 17.6 Å². The Kier molecular flexibility index (Phi) is 6.79. The van der Waals surface area contributed by atoms with Crippen molar-refractivity contribution in [1.82, 2.24) is 0 Å². The van der Waals surface area contributed by atoms with Crippen LogP contribution in [0.1, 0.15) is 27.7 Å². The first-order valence-electron chi connectivity index (χ1n) is 10.0. The Morgan fingerprint density at radius 3 is 2.10 bits per heavy atom. The van der Waals surface area contributed by atoms with Crippen LogP contribution in [0.2, 0.25) is 0 Å². The number of rotatable bonds is 8. The second-order valence-corrected chi connectivity index (χ2v) is 6.75. The van der Waals surface area contributed by atoms with Gasteiger partial charge in [-0.3, -0.25) is 0 Å². The van der Waals surface area contributed by atoms with Crippen molar-refractivity contribution in [2.45, 2.75) is 39.9 Å². The molecule has 8 heteroatoms. The molecule has 31 heavy (non-hydrogen) atoms. The molecular formula is C23H24O8. The Morgan fingerprint density at radius 1 is 0.903 bits per heavy atom. The minimum atomic E-state index is -0.924. The van der Waals surface area contributed by atoms with E-state index >= 15 is 0 Å². The number of carbonyl (C=O) groups is 2. The van der Waals surface area contributed by atoms with E-state index in [9.17, 15) is 14.4 Å². The molecule has 0 N–H and O–H groups in total. The molecule has 2 aromatic carbocycles. The molecule has 0 bridgehead atoms. The van der Waals surface area contributed by atoms with Gasteiger partial charge < -0.3 is 23.4 Å². The lowest BCUT2D eigenvalue weighted by atomic mass is 10.1. The quantitative estimate of drug-likeness (QED) is 0.305. The Labute approximate surface area is 178 Å². The highest BCUT2D eigenvalue weighted by Gasteiger charge is 2.22. The fourth-order valence-corrected chi connectivity index (χ4v) is 3.12. The van der Waals surface area contributed by atoms with Gasteiger partial charge in [-0.25, -0.2) is 14.4 Å². The number of ether oxygens (including phenoxy) is 4. The van der Waals surface area contributed by atoms with Crippen molar-refractivity contribution in [1.29, 1.82) is 0 Å². The first-order chi connectivity index (χ1) is 14.8. The highest BCUT2D eigenvalue weighted by Crippen LogP contribution is 2.36. The Morgan fingerprint density at radius 2 is 1.48 bits per heavy atom. The minimum absolute atomic E-state index is 0.198. The molecular weight excluding hydrogens is 404 g/mol. The van der Waals surface area contributed by atoms with E-state index in [1.54, 1.807) is 58.0 Å². The van der Waals surface area contributed by atoms with Crippen LogP contribution >= 0.6 is 0 Å². The zero-order valence-corrected chi connectivity index (χ0v) is 17.8. The van der Waals surface area contributed by atoms with Gasteiger partial charge in [0.2, 0.25) is 0 Å². The summed E-state index contributed by atoms with van der Waals surface area (Å²) in [7, 11) is 0. The third-order valence-corrected chi connectivity index (χ3v) is 4.51. The molecule has 0 radical (unpaired) electrons. The zero-order chi connectivity index (χ0) is 22.5. The number of carbonyl (C=O) groups excluding carboxylic acids is 2. The smallest absolute Gasteiger partial charge is 0.347 e. The molecule has 0 saturated heterocycles. The summed E-state index contributed by atoms with van der Waals surface area (Å²) < 4.78 is 27.0. The van der Waals surface area contributed by atoms with Crippen LogP contribution in [0.5, 0.6) is 11.5 Å². The second kappa shape index (κ2) is 9.51. The summed E-state index contributed by atoms with van der Waals surface area (Å²) in [6.45, 7) is 6.93. The number of esters is 2. The minimum Gasteiger partial charge on any atom is -0.479 e. The molecule has 1 aromatic heterocycles. The van der Waals surface area contributed by atoms with Crippen LogP contribution in [0.25, 0.3) is 21.7 Å². The van der Waals surface area contributed by atoms with Crippen LogP contribution in [0.3, 0.4) is 0 Å². The molecule has 0 saturated carbocycles. The molecule has 3 aromatic rings. The lowest BCUT2D eigenvalue weighted by molar-refractivity contribution is -0.151. The normalized spacial score (nSPS) is 12.9. The third-order valence-electron chi connectivity index (χ3n) is 4.51. The van der Waals surface area contributed by atoms with Crippen LogP contribution in [-0.2, 0) is 19.1 Å². The van der Waals surface area contributed by atoms with Crippen LogP contribution in [0.15, 0.2) is 45.6 Å². The van der Waals surface area contributed by atoms with Crippen molar-refractivity contribution in [2.75, 3.05) is 13.2 Å². The highest BCUT2D eigenvalue weighted by molar-refractivity contribution is 6.08. The predicted octanol–water partition coefficient (Wildman–Crippen LogP) is 3.61. The molecule has 2 atom stereocenters. The SMILES string of the molecule is CCOC(=O)[C@@H](C)Oc1cc(O[C@H](C)C(=O)OCC)c2c(c1)oc(=O)c1ccccc12. The Bertz CT molecular complexity index is 1160. The van der Waals surface area contributed by atoms with Gasteiger partial charge in [0.25, 0.3) is 0 Å². The summed E-state index contributed by atoms with van der Waals surface area (Å²) >= 11 is 0. The van der Waals surface area contributed by atoms with E-state index in [0.717, 1.165) is 0 Å². The van der Waals surface area contributed by atoms with Crippen molar-refractivity contribution in [3.8, 4) is 11.5 Å². The Balaban J connectivity index is 2.14. The van der Waals surface area contributed by atoms with Gasteiger partial charge in [-0.05, 0) is 33.8 Å². The summed E-state index contributed by atoms with van der Waals surface area (Å²) in [4.78, 5) is 36.5. The van der Waals surface area contributed by atoms with Crippen LogP contribution in [0, 0.1) is 0 Å². The summed E-state index contributed by atoms with van der Waals surface area (Å²) in [5.74, 6) is -0.602. The zero-order valence-electron chi connectivity index (χ0n) is 17.8. The van der Waals surface area contributed by atoms with Gasteiger partial charge in [-0.2, -0.15) is 0 Å². The van der Waals surface area contributed by atoms with Crippen LogP contribution in [0.4, 0.5) is 0 Å². The van der Waals surface area contributed by atoms with Crippen LogP contribution < -0.4 is 15.1 Å². The van der Waals surface area contributed by atoms with Gasteiger partial charge in [-0.1, -0.05) is 18.2 Å². The van der Waals surface area contributed by atoms with Gasteiger partial charge in [0.05, 0.1) is 24.0 Å². The van der Waals surface area contributed by atoms with E-state index in [2.05, 4.69) is 0 Å². The molecule has 3 rings (SSSR count). The fourth-order valence-electron chi connectivity index (χ4n) is 3.12. The van der Waals surface area contributed by atoms with Gasteiger partial charge in [0.15, 0.2) is 12.2 Å². The second-order valence-electron chi connectivity index (χ2n) is 6.75. The largest absolute Gasteiger partial charge is 0.479 e. The number of benzene rings is 2. The number of hydrogen-bond donors (Lipinski definition) is 0. The maximum atomic E-state index is 12.4. The van der Waals surface area contributed by atoms with Crippen molar-refractivity contribution in [3.63, 3.8) is 0 Å². The molecule has 1 heterocycles. The molecule has 0 aliphatic carbocycles. The lowest BCUT2D eigenvalue weighted by Crippen LogP contribution is -2.27. The molecule has 0 unspecified atom stereocenters. The predicted molar refractivity (Wildman–Crippen MR) is 113 cm³/mol. The maximum Gasteiger partial charge on any atom is 0.347 e. The Hall–Kier alpha value is -3.55. The molecule has 164 valence electrons. The maximum absolute atomic E-state index is 12.4. The van der Waals surface area contributed by atoms with Crippen molar-refractivity contribution in [3.05, 3.63) is 46.8 Å². The van der Waals surface area contributed by atoms with Crippen molar-refractivity contribution in [2.24, 2.45) is 0 Å². The van der Waals surface area contributed by atoms with E-state index in [-0.39, 0.29) is 30.3 Å². The molecule has 0 aliphatic rings. The van der Waals surface area contributed by atoms with Crippen LogP contribution in [-0.4, -0.2) is 37.4 Å². The van der Waals surface area contributed by atoms with Gasteiger partial charge in [-0.15, -0.1) is 0 Å². The highest BCUT2D eigenvalue weighted by atomic mass is 16.6. The standard InChI is InChI=1S/C23H24O8/c1-5-27-21(24)13(3)29-15-11-18(30-14(4)22(25)28-6-2)20-16-9-7-8-10-17(16)23(26)31-19(20)12-15/h7-14H,5-6H2,1-4H3/t13-,14-/m1/s1. The van der Waals surface area contributed by atoms with E-state index in [4.69, 9.17) is 23.4 Å². The van der Waals surface area contributed by atoms with E-state index in [0.29, 0.717) is 16.2 Å². The molecule has 0 amide bonds. The topological polar surface area (TPSA) is 101 Å². The van der Waals surface area contributed by atoms with Crippen molar-refractivity contribution >= 4 is 33.7 Å². The molecule has 8 nitrogen and oxygen atoms in total. The first-order valence-corrected chi connectivity index (χ1v) is 10.0. The summed E-state index contributed by atoms with van der Waals surface area (Å²) in [5.41, 5.74) is -0.327. The van der Waals surface area contributed by atoms with E-state index in [1.807, 2.05) is 0 Å². The molecule has 0 spiro atoms. The number of hydrogen-bond acceptors (Lipinski definition) is 8. The van der Waals surface area contributed by atoms with E-state index in [1.165, 1.54) is 6.07 Å². The summed E-state index contributed by atoms with van der Waals surface area (Å²) in [6, 6.07) is 9.96. The van der Waals surface area contributed by atoms with Crippen molar-refractivity contribution < 1.29 is 33.0 Å². The molecule has 0 aliphatic heterocycles. The average molecular weight is 428 g/mol. The average Bonchev–Trinajstić information content (AvgIpc) is 2.74. The van der Waals surface area contributed by atoms with Gasteiger partial charge in [0.1, 0.15) is 17.1 Å². The lowest BCUT2D eigenvalue weighted by Gasteiger charge is -2.18. The fraction of sp³-hybridized carbons (Fsp3) is 0.348. The molecule has 0 fully saturated rings. The van der Waals surface area contributed by atoms with Gasteiger partial charge in [0, 0.05) is 17.5 Å². The van der Waals surface area contributed by atoms with E-state index < -0.39 is 29.8 Å². The first kappa shape index (κ1) is 22.1.